The smallest absolute Gasteiger partial charge is 0.344 e. The summed E-state index contributed by atoms with van der Waals surface area (Å²) in [4.78, 5) is 25.2. The van der Waals surface area contributed by atoms with Crippen molar-refractivity contribution in [1.82, 2.24) is 0 Å². The zero-order chi connectivity index (χ0) is 20.3. The molecular formula is C22H16Cl2O4. The molecule has 0 atom stereocenters. The Hall–Kier alpha value is -2.82. The molecule has 4 nitrogen and oxygen atoms in total. The number of rotatable bonds is 4. The van der Waals surface area contributed by atoms with Gasteiger partial charge in [-0.15, -0.1) is 0 Å². The van der Waals surface area contributed by atoms with Crippen LogP contribution in [-0.4, -0.2) is 11.9 Å². The van der Waals surface area contributed by atoms with E-state index in [9.17, 15) is 9.59 Å². The molecule has 0 bridgehead atoms. The zero-order valence-corrected chi connectivity index (χ0v) is 16.7. The molecule has 0 fully saturated rings. The van der Waals surface area contributed by atoms with Crippen LogP contribution in [0.4, 0.5) is 0 Å². The maximum Gasteiger partial charge on any atom is 0.344 e. The SMILES string of the molecule is Cc1cc(C)cc(OC(=O)c2ccccc2C(=O)Oc2ccc(Cl)c(Cl)c2)c1. The van der Waals surface area contributed by atoms with Crippen LogP contribution in [0.15, 0.2) is 60.7 Å². The van der Waals surface area contributed by atoms with Crippen molar-refractivity contribution in [2.75, 3.05) is 0 Å². The average Bonchev–Trinajstić information content (AvgIpc) is 2.64. The summed E-state index contributed by atoms with van der Waals surface area (Å²) in [6.07, 6.45) is 0. The van der Waals surface area contributed by atoms with Gasteiger partial charge in [-0.05, 0) is 61.4 Å². The van der Waals surface area contributed by atoms with E-state index in [2.05, 4.69) is 0 Å². The van der Waals surface area contributed by atoms with Gasteiger partial charge in [-0.1, -0.05) is 41.4 Å². The fourth-order valence-corrected chi connectivity index (χ4v) is 2.98. The lowest BCUT2D eigenvalue weighted by Crippen LogP contribution is -2.17. The van der Waals surface area contributed by atoms with Gasteiger partial charge in [-0.25, -0.2) is 9.59 Å². The molecule has 0 heterocycles. The Morgan fingerprint density at radius 1 is 0.679 bits per heavy atom. The summed E-state index contributed by atoms with van der Waals surface area (Å²) in [6.45, 7) is 3.82. The van der Waals surface area contributed by atoms with Crippen molar-refractivity contribution in [3.05, 3.63) is 93.0 Å². The Bertz CT molecular complexity index is 1040. The first-order valence-electron chi connectivity index (χ1n) is 8.40. The van der Waals surface area contributed by atoms with Crippen molar-refractivity contribution in [2.24, 2.45) is 0 Å². The van der Waals surface area contributed by atoms with Crippen LogP contribution in [0.2, 0.25) is 10.0 Å². The van der Waals surface area contributed by atoms with Crippen LogP contribution in [0.3, 0.4) is 0 Å². The minimum Gasteiger partial charge on any atom is -0.423 e. The fourth-order valence-electron chi connectivity index (χ4n) is 2.70. The van der Waals surface area contributed by atoms with Gasteiger partial charge in [0.15, 0.2) is 0 Å². The van der Waals surface area contributed by atoms with Crippen LogP contribution in [0.5, 0.6) is 11.5 Å². The summed E-state index contributed by atoms with van der Waals surface area (Å²) in [6, 6.07) is 16.2. The number of carbonyl (C=O) groups excluding carboxylic acids is 2. The van der Waals surface area contributed by atoms with Gasteiger partial charge in [-0.2, -0.15) is 0 Å². The van der Waals surface area contributed by atoms with Crippen molar-refractivity contribution < 1.29 is 19.1 Å². The van der Waals surface area contributed by atoms with Crippen molar-refractivity contribution in [3.8, 4) is 11.5 Å². The predicted molar refractivity (Wildman–Crippen MR) is 109 cm³/mol. The minimum absolute atomic E-state index is 0.0861. The van der Waals surface area contributed by atoms with E-state index in [0.717, 1.165) is 11.1 Å². The Labute approximate surface area is 172 Å². The molecule has 0 N–H and O–H groups in total. The van der Waals surface area contributed by atoms with Crippen molar-refractivity contribution >= 4 is 35.1 Å². The monoisotopic (exact) mass is 414 g/mol. The van der Waals surface area contributed by atoms with Crippen LogP contribution >= 0.6 is 23.2 Å². The highest BCUT2D eigenvalue weighted by molar-refractivity contribution is 6.42. The highest BCUT2D eigenvalue weighted by Gasteiger charge is 2.20. The molecule has 0 aromatic heterocycles. The summed E-state index contributed by atoms with van der Waals surface area (Å²) in [7, 11) is 0. The summed E-state index contributed by atoms with van der Waals surface area (Å²) in [5, 5.41) is 0.605. The number of esters is 2. The summed E-state index contributed by atoms with van der Waals surface area (Å²) >= 11 is 11.8. The van der Waals surface area contributed by atoms with Crippen LogP contribution in [0.1, 0.15) is 31.8 Å². The van der Waals surface area contributed by atoms with Crippen LogP contribution in [0, 0.1) is 13.8 Å². The lowest BCUT2D eigenvalue weighted by Gasteiger charge is -2.10. The van der Waals surface area contributed by atoms with Gasteiger partial charge >= 0.3 is 11.9 Å². The molecule has 0 aliphatic rings. The molecule has 3 aromatic carbocycles. The molecule has 6 heteroatoms. The maximum atomic E-state index is 12.6. The average molecular weight is 415 g/mol. The first kappa shape index (κ1) is 19.9. The van der Waals surface area contributed by atoms with Gasteiger partial charge < -0.3 is 9.47 Å². The van der Waals surface area contributed by atoms with E-state index in [1.54, 1.807) is 24.3 Å². The molecule has 0 saturated carbocycles. The lowest BCUT2D eigenvalue weighted by molar-refractivity contribution is 0.0692. The third-order valence-corrected chi connectivity index (χ3v) is 4.61. The second-order valence-electron chi connectivity index (χ2n) is 6.22. The number of ether oxygens (including phenoxy) is 2. The van der Waals surface area contributed by atoms with Gasteiger partial charge in [0.05, 0.1) is 21.2 Å². The van der Waals surface area contributed by atoms with Crippen molar-refractivity contribution in [3.63, 3.8) is 0 Å². The second-order valence-corrected chi connectivity index (χ2v) is 7.04. The molecule has 3 aromatic rings. The van der Waals surface area contributed by atoms with Crippen LogP contribution < -0.4 is 9.47 Å². The Morgan fingerprint density at radius 2 is 1.21 bits per heavy atom. The van der Waals surface area contributed by atoms with E-state index in [1.165, 1.54) is 30.3 Å². The summed E-state index contributed by atoms with van der Waals surface area (Å²) in [5.41, 5.74) is 2.12. The quantitative estimate of drug-likeness (QED) is 0.385. The third kappa shape index (κ3) is 4.71. The van der Waals surface area contributed by atoms with Crippen LogP contribution in [0.25, 0.3) is 0 Å². The number of benzene rings is 3. The first-order chi connectivity index (χ1) is 13.3. The van der Waals surface area contributed by atoms with Gasteiger partial charge in [0.1, 0.15) is 11.5 Å². The molecule has 0 radical (unpaired) electrons. The molecule has 0 spiro atoms. The maximum absolute atomic E-state index is 12.6. The Morgan fingerprint density at radius 3 is 1.75 bits per heavy atom. The highest BCUT2D eigenvalue weighted by Crippen LogP contribution is 2.27. The second kappa shape index (κ2) is 8.46. The van der Waals surface area contributed by atoms with Crippen LogP contribution in [-0.2, 0) is 0 Å². The number of aryl methyl sites for hydroxylation is 2. The van der Waals surface area contributed by atoms with Crippen molar-refractivity contribution in [1.29, 1.82) is 0 Å². The van der Waals surface area contributed by atoms with E-state index in [0.29, 0.717) is 10.8 Å². The van der Waals surface area contributed by atoms with Gasteiger partial charge in [0.25, 0.3) is 0 Å². The van der Waals surface area contributed by atoms with Gasteiger partial charge in [0, 0.05) is 6.07 Å². The Balaban J connectivity index is 1.84. The molecule has 28 heavy (non-hydrogen) atoms. The third-order valence-electron chi connectivity index (χ3n) is 3.87. The molecule has 3 rings (SSSR count). The molecule has 0 saturated heterocycles. The first-order valence-corrected chi connectivity index (χ1v) is 9.16. The fraction of sp³-hybridized carbons (Fsp3) is 0.0909. The number of halogens is 2. The molecule has 0 aliphatic carbocycles. The molecular weight excluding hydrogens is 399 g/mol. The summed E-state index contributed by atoms with van der Waals surface area (Å²) < 4.78 is 10.8. The predicted octanol–water partition coefficient (Wildman–Crippen LogP) is 6.05. The van der Waals surface area contributed by atoms with E-state index in [1.807, 2.05) is 19.9 Å². The molecule has 0 aliphatic heterocycles. The number of hydrogen-bond donors (Lipinski definition) is 0. The normalized spacial score (nSPS) is 10.4. The Kier molecular flexibility index (Phi) is 6.02. The lowest BCUT2D eigenvalue weighted by atomic mass is 10.1. The highest BCUT2D eigenvalue weighted by atomic mass is 35.5. The van der Waals surface area contributed by atoms with E-state index in [4.69, 9.17) is 32.7 Å². The molecule has 142 valence electrons. The van der Waals surface area contributed by atoms with Gasteiger partial charge in [-0.3, -0.25) is 0 Å². The van der Waals surface area contributed by atoms with Crippen molar-refractivity contribution in [2.45, 2.75) is 13.8 Å². The topological polar surface area (TPSA) is 52.6 Å². The number of hydrogen-bond acceptors (Lipinski definition) is 4. The molecule has 0 unspecified atom stereocenters. The molecule has 0 amide bonds. The van der Waals surface area contributed by atoms with Gasteiger partial charge in [0.2, 0.25) is 0 Å². The number of carbonyl (C=O) groups is 2. The summed E-state index contributed by atoms with van der Waals surface area (Å²) in [5.74, 6) is -0.718. The standard InChI is InChI=1S/C22H16Cl2O4/c1-13-9-14(2)11-16(10-13)28-22(26)18-6-4-3-5-17(18)21(25)27-15-7-8-19(23)20(24)12-15/h3-12H,1-2H3. The van der Waals surface area contributed by atoms with E-state index < -0.39 is 11.9 Å². The minimum atomic E-state index is -0.702. The zero-order valence-electron chi connectivity index (χ0n) is 15.2. The van der Waals surface area contributed by atoms with E-state index in [-0.39, 0.29) is 21.9 Å². The largest absolute Gasteiger partial charge is 0.423 e. The van der Waals surface area contributed by atoms with E-state index >= 15 is 0 Å².